The van der Waals surface area contributed by atoms with Crippen LogP contribution in [0.4, 0.5) is 20.2 Å². The Morgan fingerprint density at radius 3 is 2.23 bits per heavy atom. The molecular formula is C62H76ClF2N7O15. The second-order valence-corrected chi connectivity index (χ2v) is 24.7. The number of fused-ring (bicyclic) bond motifs is 15. The molecule has 470 valence electrons. The normalized spacial score (nSPS) is 30.6. The highest BCUT2D eigenvalue weighted by molar-refractivity contribution is 6.38. The molecule has 11 rings (SSSR count). The number of phenols is 3. The van der Waals surface area contributed by atoms with Gasteiger partial charge in [0, 0.05) is 124 Å². The summed E-state index contributed by atoms with van der Waals surface area (Å²) in [5.74, 6) is -10.5. The van der Waals surface area contributed by atoms with Crippen molar-refractivity contribution in [3.63, 3.8) is 0 Å². The minimum Gasteiger partial charge on any atom is -0.507 e. The number of anilines is 2. The van der Waals surface area contributed by atoms with Crippen LogP contribution in [0.3, 0.4) is 0 Å². The highest BCUT2D eigenvalue weighted by atomic mass is 35.5. The Morgan fingerprint density at radius 1 is 0.966 bits per heavy atom. The summed E-state index contributed by atoms with van der Waals surface area (Å²) in [5, 5.41) is 76.0. The molecule has 5 bridgehead atoms. The molecule has 7 aliphatic rings. The third-order valence-electron chi connectivity index (χ3n) is 18.2. The van der Waals surface area contributed by atoms with Gasteiger partial charge in [-0.1, -0.05) is 57.5 Å². The first kappa shape index (κ1) is 64.1. The number of aliphatic hydroxyl groups is 2. The topological polar surface area (TPSA) is 309 Å². The lowest BCUT2D eigenvalue weighted by Gasteiger charge is -2.38. The summed E-state index contributed by atoms with van der Waals surface area (Å²) in [7, 11) is 3.42. The highest BCUT2D eigenvalue weighted by Gasteiger charge is 2.55. The Balaban J connectivity index is 0.000000265. The molecule has 6 heterocycles. The number of benzene rings is 3. The number of amides is 1. The second kappa shape index (κ2) is 24.7. The number of piperazine rings is 1. The van der Waals surface area contributed by atoms with Crippen LogP contribution in [0.25, 0.3) is 21.7 Å². The number of allylic oxidation sites excluding steroid dienone is 2. The van der Waals surface area contributed by atoms with Crippen LogP contribution in [0, 0.1) is 41.8 Å². The van der Waals surface area contributed by atoms with E-state index in [4.69, 9.17) is 36.3 Å². The number of nitrogens with one attached hydrogen (secondary N) is 1. The van der Waals surface area contributed by atoms with Crippen LogP contribution < -0.4 is 26.1 Å². The summed E-state index contributed by atoms with van der Waals surface area (Å²) in [6.45, 7) is 16.1. The van der Waals surface area contributed by atoms with Crippen LogP contribution in [0.15, 0.2) is 58.3 Å². The van der Waals surface area contributed by atoms with Crippen LogP contribution in [0.2, 0.25) is 5.02 Å². The van der Waals surface area contributed by atoms with Gasteiger partial charge in [-0.2, -0.15) is 5.10 Å². The van der Waals surface area contributed by atoms with E-state index in [1.54, 1.807) is 49.8 Å². The van der Waals surface area contributed by atoms with Crippen molar-refractivity contribution < 1.29 is 77.5 Å². The largest absolute Gasteiger partial charge is 0.507 e. The number of nitrogens with two attached hydrogens (primary N) is 1. The lowest BCUT2D eigenvalue weighted by atomic mass is 9.78. The number of carboxylic acid groups (broad SMARTS) is 1. The number of carboxylic acids is 1. The van der Waals surface area contributed by atoms with E-state index in [0.717, 1.165) is 38.2 Å². The van der Waals surface area contributed by atoms with E-state index in [-0.39, 0.29) is 84.0 Å². The Bertz CT molecular complexity index is 3620. The number of carbonyl (C=O) groups is 4. The van der Waals surface area contributed by atoms with E-state index in [2.05, 4.69) is 15.3 Å². The van der Waals surface area contributed by atoms with Crippen molar-refractivity contribution >= 4 is 74.5 Å². The molecule has 1 amide bonds. The van der Waals surface area contributed by atoms with Crippen molar-refractivity contribution in [2.75, 3.05) is 63.6 Å². The number of hydrogen-bond acceptors (Lipinski definition) is 19. The number of methoxy groups -OCH3 is 1. The number of halogens is 3. The van der Waals surface area contributed by atoms with Gasteiger partial charge in [0.2, 0.25) is 5.43 Å². The van der Waals surface area contributed by atoms with E-state index < -0.39 is 124 Å². The number of aromatic nitrogens is 1. The number of esters is 1. The fraction of sp³-hybridized carbons (Fsp3) is 0.516. The number of nitrogens with zero attached hydrogens (tertiary/aromatic N) is 5. The van der Waals surface area contributed by atoms with Gasteiger partial charge in [-0.15, -0.1) is 0 Å². The van der Waals surface area contributed by atoms with Gasteiger partial charge in [-0.05, 0) is 45.9 Å². The zero-order chi connectivity index (χ0) is 63.6. The van der Waals surface area contributed by atoms with Crippen LogP contribution in [0.1, 0.15) is 106 Å². The number of pyridine rings is 1. The molecule has 25 heteroatoms. The van der Waals surface area contributed by atoms with Gasteiger partial charge in [0.1, 0.15) is 40.9 Å². The minimum absolute atomic E-state index is 0.00645. The SMILES string of the molecule is CO[C@H]1/C=C/O[C@@]2(C)Oc3c(C)c(O)c4c(O)c(c(/C=N\N5CCN(C)CC5)c(O)c4c3C2=O)NC(=O)/C(C)=C\C=C\[C@H](C)[C@H](O)[C@@H](C)[C@@H](O)[C@@H](C)[C@H](OC(C)=O)[C@@H]1C.N[C@@H]1CN(c2c(F)cc3c(=O)c(C(=O)O)cn([C@@H]4C[C@@H]4F)c3c2Cl)CC12CC2. The molecule has 1 aromatic heterocycles. The van der Waals surface area contributed by atoms with E-state index in [9.17, 15) is 59.0 Å². The predicted molar refractivity (Wildman–Crippen MR) is 321 cm³/mol. The molecule has 22 nitrogen and oxygen atoms in total. The number of ketones is 1. The Hall–Kier alpha value is -7.35. The molecule has 1 spiro atoms. The average Bonchev–Trinajstić information content (AvgIpc) is 1.67. The number of aliphatic hydroxyl groups excluding tert-OH is 2. The summed E-state index contributed by atoms with van der Waals surface area (Å²) < 4.78 is 53.8. The monoisotopic (exact) mass is 1230 g/mol. The number of likely N-dealkylation sites (N-methyl/N-ethyl adjacent to an activating group) is 1. The molecule has 3 aromatic carbocycles. The number of rotatable bonds is 7. The Kier molecular flexibility index (Phi) is 18.2. The summed E-state index contributed by atoms with van der Waals surface area (Å²) in [4.78, 5) is 68.5. The van der Waals surface area contributed by atoms with E-state index in [1.165, 1.54) is 64.0 Å². The first-order chi connectivity index (χ1) is 41.0. The van der Waals surface area contributed by atoms with Crippen molar-refractivity contribution in [1.29, 1.82) is 0 Å². The number of Topliss-reactive ketones (excluding diaryl/α,β-unsaturated/α-hetero) is 1. The summed E-state index contributed by atoms with van der Waals surface area (Å²) in [6.07, 6.45) is 6.97. The molecule has 0 unspecified atom stereocenters. The molecule has 2 aliphatic carbocycles. The van der Waals surface area contributed by atoms with Crippen molar-refractivity contribution in [1.82, 2.24) is 14.5 Å². The maximum Gasteiger partial charge on any atom is 0.341 e. The smallest absolute Gasteiger partial charge is 0.341 e. The van der Waals surface area contributed by atoms with Gasteiger partial charge < -0.3 is 75.0 Å². The average molecular weight is 1230 g/mol. The third kappa shape index (κ3) is 12.1. The zero-order valence-electron chi connectivity index (χ0n) is 50.1. The van der Waals surface area contributed by atoms with Crippen molar-refractivity contribution in [3.05, 3.63) is 91.7 Å². The zero-order valence-corrected chi connectivity index (χ0v) is 50.9. The molecular weight excluding hydrogens is 1160 g/mol. The van der Waals surface area contributed by atoms with Crippen LogP contribution in [-0.2, 0) is 23.8 Å². The lowest BCUT2D eigenvalue weighted by molar-refractivity contribution is -0.160. The first-order valence-corrected chi connectivity index (χ1v) is 29.3. The van der Waals surface area contributed by atoms with Gasteiger partial charge in [0.15, 0.2) is 5.75 Å². The number of ether oxygens (including phenoxy) is 4. The molecule has 2 saturated carbocycles. The molecule has 12 atom stereocenters. The van der Waals surface area contributed by atoms with Gasteiger partial charge in [-0.3, -0.25) is 24.2 Å². The number of phenolic OH excluding ortho intramolecular Hbond substituents is 3. The molecule has 2 saturated heterocycles. The van der Waals surface area contributed by atoms with Crippen molar-refractivity contribution in [2.24, 2.45) is 39.9 Å². The van der Waals surface area contributed by atoms with Gasteiger partial charge in [-0.25, -0.2) is 13.6 Å². The third-order valence-corrected chi connectivity index (χ3v) is 18.6. The molecule has 0 radical (unpaired) electrons. The Labute approximate surface area is 506 Å². The molecule has 5 aliphatic heterocycles. The van der Waals surface area contributed by atoms with E-state index in [1.807, 2.05) is 7.05 Å². The molecule has 87 heavy (non-hydrogen) atoms. The number of aromatic carboxylic acids is 1. The lowest BCUT2D eigenvalue weighted by Crippen LogP contribution is -2.46. The van der Waals surface area contributed by atoms with Gasteiger partial charge >= 0.3 is 17.7 Å². The maximum absolute atomic E-state index is 15.0. The van der Waals surface area contributed by atoms with Gasteiger partial charge in [0.05, 0.1) is 80.6 Å². The minimum atomic E-state index is -2.04. The van der Waals surface area contributed by atoms with E-state index in [0.29, 0.717) is 26.2 Å². The number of hydrogen-bond donors (Lipinski definition) is 8. The summed E-state index contributed by atoms with van der Waals surface area (Å²) in [5.41, 5.74) is 4.80. The molecule has 9 N–H and O–H groups in total. The quantitative estimate of drug-likeness (QED) is 0.0398. The summed E-state index contributed by atoms with van der Waals surface area (Å²) in [6, 6.07) is 0.308. The number of hydrazone groups is 1. The van der Waals surface area contributed by atoms with Crippen LogP contribution in [-0.4, -0.2) is 171 Å². The van der Waals surface area contributed by atoms with Crippen LogP contribution in [0.5, 0.6) is 23.0 Å². The maximum atomic E-state index is 15.0. The number of carbonyl (C=O) groups excluding carboxylic acids is 3. The summed E-state index contributed by atoms with van der Waals surface area (Å²) >= 11 is 6.56. The first-order valence-electron chi connectivity index (χ1n) is 29.0. The second-order valence-electron chi connectivity index (χ2n) is 24.3. The number of alkyl halides is 1. The fourth-order valence-electron chi connectivity index (χ4n) is 12.4. The molecule has 4 fully saturated rings. The molecule has 4 aromatic rings. The van der Waals surface area contributed by atoms with Crippen molar-refractivity contribution in [3.8, 4) is 23.0 Å². The van der Waals surface area contributed by atoms with E-state index >= 15 is 4.39 Å². The predicted octanol–water partition coefficient (Wildman–Crippen LogP) is 7.04. The Morgan fingerprint density at radius 2 is 1.63 bits per heavy atom. The standard InChI is InChI=1S/C43H58N4O12.C19H18ClF2N3O3/c1-21-12-11-13-22(2)42(55)45-33-28(20-44-47-17-15-46(9)16-18-47)37(52)30-31(38(33)53)36(51)26(6)40-32(30)41(54)43(8,59-40)57-19-14-29(56-10)23(3)39(58-27(7)48)25(5)35(50)24(4)34(21)49;20-14-15-8(17(26)9(18(27)28)5-25(15)12-4-10(12)21)3-11(22)16(14)24-6-13(23)19(7-24)1-2-19/h11-14,19-21,23-25,29,34-35,39,49-53H,15-18H2,1-10H3,(H,45,55);3,5,10,12-13H,1-2,4,6-7,23H2,(H,27,28)/b12-11+,19-14+,22-13-,44-20-;/t21-,23+,24+,25+,29-,34-,35+,39+,43-;10-,12+,13+/m00/s1. The highest BCUT2D eigenvalue weighted by Crippen LogP contribution is 2.56. The fourth-order valence-corrected chi connectivity index (χ4v) is 12.8. The van der Waals surface area contributed by atoms with Crippen LogP contribution >= 0.6 is 11.6 Å². The van der Waals surface area contributed by atoms with Gasteiger partial charge in [0.25, 0.3) is 11.7 Å². The number of aromatic hydroxyl groups is 3. The van der Waals surface area contributed by atoms with Crippen molar-refractivity contribution in [2.45, 2.75) is 123 Å².